The predicted octanol–water partition coefficient (Wildman–Crippen LogP) is 3.55. The standard InChI is InChI=1S/C24H33N5O3/c1-15(2)18-13-21(32-27-18)24(31)29-11-6-5-9-20(29)22-25-19-14-28(16-7-3-4-8-16)12-10-17(19)23(30)26-22/h13,15-16,20H,3-12,14H2,1-2H3,(H,25,26,30)/t20-/m1/s1. The Labute approximate surface area is 188 Å². The van der Waals surface area contributed by atoms with E-state index >= 15 is 0 Å². The van der Waals surface area contributed by atoms with Crippen molar-refractivity contribution in [3.8, 4) is 0 Å². The average Bonchev–Trinajstić information content (AvgIpc) is 3.51. The number of fused-ring (bicyclic) bond motifs is 1. The fourth-order valence-corrected chi connectivity index (χ4v) is 5.48. The van der Waals surface area contributed by atoms with Gasteiger partial charge in [-0.15, -0.1) is 0 Å². The molecule has 1 atom stereocenters. The van der Waals surface area contributed by atoms with Gasteiger partial charge in [-0.25, -0.2) is 4.98 Å². The summed E-state index contributed by atoms with van der Waals surface area (Å²) in [5, 5.41) is 4.05. The van der Waals surface area contributed by atoms with E-state index in [4.69, 9.17) is 9.51 Å². The lowest BCUT2D eigenvalue weighted by molar-refractivity contribution is 0.0556. The molecule has 32 heavy (non-hydrogen) atoms. The van der Waals surface area contributed by atoms with Gasteiger partial charge in [-0.2, -0.15) is 0 Å². The highest BCUT2D eigenvalue weighted by Gasteiger charge is 2.34. The van der Waals surface area contributed by atoms with Crippen molar-refractivity contribution in [3.63, 3.8) is 0 Å². The molecule has 2 aromatic rings. The average molecular weight is 440 g/mol. The number of piperidine rings is 1. The zero-order chi connectivity index (χ0) is 22.2. The summed E-state index contributed by atoms with van der Waals surface area (Å²) in [6.07, 6.45) is 8.53. The number of nitrogens with one attached hydrogen (secondary N) is 1. The minimum absolute atomic E-state index is 0.0456. The molecular formula is C24H33N5O3. The molecule has 4 heterocycles. The van der Waals surface area contributed by atoms with Gasteiger partial charge in [0.2, 0.25) is 5.76 Å². The monoisotopic (exact) mass is 439 g/mol. The number of aromatic amines is 1. The Morgan fingerprint density at radius 2 is 1.94 bits per heavy atom. The van der Waals surface area contributed by atoms with E-state index in [2.05, 4.69) is 15.0 Å². The van der Waals surface area contributed by atoms with Gasteiger partial charge in [0, 0.05) is 37.3 Å². The molecule has 2 aliphatic heterocycles. The quantitative estimate of drug-likeness (QED) is 0.783. The number of carbonyl (C=O) groups excluding carboxylic acids is 1. The molecule has 1 amide bonds. The Balaban J connectivity index is 1.42. The maximum absolute atomic E-state index is 13.3. The molecule has 1 saturated carbocycles. The van der Waals surface area contributed by atoms with E-state index in [-0.39, 0.29) is 29.2 Å². The molecule has 8 heteroatoms. The Morgan fingerprint density at radius 1 is 1.16 bits per heavy atom. The molecule has 1 N–H and O–H groups in total. The van der Waals surface area contributed by atoms with E-state index in [1.807, 2.05) is 13.8 Å². The Morgan fingerprint density at radius 3 is 2.69 bits per heavy atom. The van der Waals surface area contributed by atoms with Crippen LogP contribution in [0.3, 0.4) is 0 Å². The zero-order valence-corrected chi connectivity index (χ0v) is 19.1. The second kappa shape index (κ2) is 8.81. The molecule has 0 bridgehead atoms. The first-order valence-corrected chi connectivity index (χ1v) is 12.1. The summed E-state index contributed by atoms with van der Waals surface area (Å²) < 4.78 is 5.37. The van der Waals surface area contributed by atoms with Crippen LogP contribution in [0.15, 0.2) is 15.4 Å². The summed E-state index contributed by atoms with van der Waals surface area (Å²) in [7, 11) is 0. The van der Waals surface area contributed by atoms with Gasteiger partial charge in [0.1, 0.15) is 5.82 Å². The SMILES string of the molecule is CC(C)c1cc(C(=O)N2CCCC[C@@H]2c2nc3c(c(=O)[nH]2)CCN(C2CCCC2)C3)on1. The van der Waals surface area contributed by atoms with Crippen LogP contribution in [0.5, 0.6) is 0 Å². The lowest BCUT2D eigenvalue weighted by Gasteiger charge is -2.36. The first-order chi connectivity index (χ1) is 15.5. The molecule has 0 spiro atoms. The first-order valence-electron chi connectivity index (χ1n) is 12.1. The largest absolute Gasteiger partial charge is 0.351 e. The van der Waals surface area contributed by atoms with Gasteiger partial charge in [0.25, 0.3) is 11.5 Å². The van der Waals surface area contributed by atoms with Crippen LogP contribution in [-0.2, 0) is 13.0 Å². The van der Waals surface area contributed by atoms with Gasteiger partial charge < -0.3 is 14.4 Å². The van der Waals surface area contributed by atoms with Crippen molar-refractivity contribution in [2.24, 2.45) is 0 Å². The number of H-pyrrole nitrogens is 1. The minimum Gasteiger partial charge on any atom is -0.351 e. The molecule has 2 aromatic heterocycles. The van der Waals surface area contributed by atoms with E-state index < -0.39 is 0 Å². The third-order valence-electron chi connectivity index (χ3n) is 7.37. The van der Waals surface area contributed by atoms with E-state index in [0.717, 1.165) is 55.7 Å². The van der Waals surface area contributed by atoms with Gasteiger partial charge in [-0.05, 0) is 44.4 Å². The summed E-state index contributed by atoms with van der Waals surface area (Å²) in [5.74, 6) is 0.882. The van der Waals surface area contributed by atoms with Gasteiger partial charge >= 0.3 is 0 Å². The highest BCUT2D eigenvalue weighted by Crippen LogP contribution is 2.32. The number of nitrogens with zero attached hydrogens (tertiary/aromatic N) is 4. The van der Waals surface area contributed by atoms with Gasteiger partial charge in [0.05, 0.1) is 17.4 Å². The van der Waals surface area contributed by atoms with Crippen molar-refractivity contribution in [3.05, 3.63) is 45.0 Å². The fourth-order valence-electron chi connectivity index (χ4n) is 5.48. The van der Waals surface area contributed by atoms with Crippen molar-refractivity contribution >= 4 is 5.91 Å². The van der Waals surface area contributed by atoms with Crippen molar-refractivity contribution < 1.29 is 9.32 Å². The molecule has 0 unspecified atom stereocenters. The molecule has 1 saturated heterocycles. The summed E-state index contributed by atoms with van der Waals surface area (Å²) in [4.78, 5) is 38.5. The third-order valence-corrected chi connectivity index (χ3v) is 7.37. The summed E-state index contributed by atoms with van der Waals surface area (Å²) >= 11 is 0. The highest BCUT2D eigenvalue weighted by molar-refractivity contribution is 5.91. The maximum Gasteiger partial charge on any atom is 0.293 e. The topological polar surface area (TPSA) is 95.3 Å². The smallest absolute Gasteiger partial charge is 0.293 e. The summed E-state index contributed by atoms with van der Waals surface area (Å²) in [6, 6.07) is 2.10. The number of carbonyl (C=O) groups is 1. The highest BCUT2D eigenvalue weighted by atomic mass is 16.5. The number of rotatable bonds is 4. The van der Waals surface area contributed by atoms with Crippen LogP contribution in [0.2, 0.25) is 0 Å². The maximum atomic E-state index is 13.3. The van der Waals surface area contributed by atoms with Crippen LogP contribution in [0.4, 0.5) is 0 Å². The van der Waals surface area contributed by atoms with Crippen LogP contribution >= 0.6 is 0 Å². The second-order valence-corrected chi connectivity index (χ2v) is 9.82. The van der Waals surface area contributed by atoms with Crippen LogP contribution in [0.25, 0.3) is 0 Å². The van der Waals surface area contributed by atoms with E-state index in [1.54, 1.807) is 11.0 Å². The van der Waals surface area contributed by atoms with Crippen molar-refractivity contribution in [1.82, 2.24) is 24.9 Å². The Kier molecular flexibility index (Phi) is 5.88. The number of likely N-dealkylation sites (tertiary alicyclic amines) is 1. The number of aromatic nitrogens is 3. The van der Waals surface area contributed by atoms with Crippen LogP contribution in [-0.4, -0.2) is 50.0 Å². The summed E-state index contributed by atoms with van der Waals surface area (Å²) in [5.41, 5.74) is 2.43. The minimum atomic E-state index is -0.247. The van der Waals surface area contributed by atoms with Crippen molar-refractivity contribution in [2.75, 3.05) is 13.1 Å². The molecule has 0 aromatic carbocycles. The van der Waals surface area contributed by atoms with E-state index in [9.17, 15) is 9.59 Å². The van der Waals surface area contributed by atoms with Gasteiger partial charge in [-0.3, -0.25) is 14.5 Å². The van der Waals surface area contributed by atoms with E-state index in [1.165, 1.54) is 25.7 Å². The van der Waals surface area contributed by atoms with Crippen molar-refractivity contribution in [2.45, 2.75) is 89.8 Å². The lowest BCUT2D eigenvalue weighted by Crippen LogP contribution is -2.43. The Bertz CT molecular complexity index is 1040. The predicted molar refractivity (Wildman–Crippen MR) is 119 cm³/mol. The van der Waals surface area contributed by atoms with Crippen LogP contribution in [0, 0.1) is 0 Å². The van der Waals surface area contributed by atoms with Crippen molar-refractivity contribution in [1.29, 1.82) is 0 Å². The molecule has 3 aliphatic rings. The summed E-state index contributed by atoms with van der Waals surface area (Å²) in [6.45, 7) is 6.33. The third kappa shape index (κ3) is 4.00. The van der Waals surface area contributed by atoms with E-state index in [0.29, 0.717) is 18.4 Å². The van der Waals surface area contributed by atoms with Gasteiger partial charge in [0.15, 0.2) is 0 Å². The molecule has 2 fully saturated rings. The fraction of sp³-hybridized carbons (Fsp3) is 0.667. The molecule has 172 valence electrons. The van der Waals surface area contributed by atoms with Gasteiger partial charge in [-0.1, -0.05) is 31.8 Å². The number of amides is 1. The lowest BCUT2D eigenvalue weighted by atomic mass is 9.99. The van der Waals surface area contributed by atoms with Crippen LogP contribution < -0.4 is 5.56 Å². The molecule has 8 nitrogen and oxygen atoms in total. The first kappa shape index (κ1) is 21.4. The number of hydrogen-bond donors (Lipinski definition) is 1. The normalized spacial score (nSPS) is 22.5. The molecular weight excluding hydrogens is 406 g/mol. The Hall–Kier alpha value is -2.48. The zero-order valence-electron chi connectivity index (χ0n) is 19.1. The number of hydrogen-bond acceptors (Lipinski definition) is 6. The molecule has 5 rings (SSSR count). The molecule has 0 radical (unpaired) electrons. The second-order valence-electron chi connectivity index (χ2n) is 9.82. The van der Waals surface area contributed by atoms with Crippen LogP contribution in [0.1, 0.15) is 104 Å². The molecule has 1 aliphatic carbocycles.